The molecule has 0 spiro atoms. The molecular formula is C28H42O6. The Morgan fingerprint density at radius 1 is 0.882 bits per heavy atom. The second-order valence-electron chi connectivity index (χ2n) is 8.73. The normalized spacial score (nSPS) is 14.4. The molecule has 2 unspecified atom stereocenters. The van der Waals surface area contributed by atoms with Gasteiger partial charge in [-0.05, 0) is 57.0 Å². The molecule has 0 bridgehead atoms. The fraction of sp³-hybridized carbons (Fsp3) is 0.571. The predicted octanol–water partition coefficient (Wildman–Crippen LogP) is 6.06. The monoisotopic (exact) mass is 474 g/mol. The maximum atomic E-state index is 10.9. The third kappa shape index (κ3) is 7.98. The van der Waals surface area contributed by atoms with Crippen LogP contribution in [0, 0.1) is 0 Å². The number of hydrogen-bond donors (Lipinski definition) is 1. The van der Waals surface area contributed by atoms with Gasteiger partial charge in [-0.25, -0.2) is 0 Å². The van der Waals surface area contributed by atoms with Gasteiger partial charge in [-0.1, -0.05) is 50.5 Å². The Hall–Kier alpha value is -2.12. The average Bonchev–Trinajstić information content (AvgIpc) is 2.82. The zero-order valence-corrected chi connectivity index (χ0v) is 21.6. The number of hydrogen-bond acceptors (Lipinski definition) is 6. The molecule has 34 heavy (non-hydrogen) atoms. The maximum Gasteiger partial charge on any atom is 0.326 e. The first kappa shape index (κ1) is 28.1. The summed E-state index contributed by atoms with van der Waals surface area (Å²) in [5.74, 6) is -0.101. The lowest BCUT2D eigenvalue weighted by Gasteiger charge is -2.37. The van der Waals surface area contributed by atoms with Gasteiger partial charge in [0.15, 0.2) is 0 Å². The van der Waals surface area contributed by atoms with Crippen LogP contribution in [0.4, 0.5) is 0 Å². The van der Waals surface area contributed by atoms with Crippen LogP contribution in [0.15, 0.2) is 48.5 Å². The molecule has 0 radical (unpaired) electrons. The molecule has 0 amide bonds. The molecule has 2 aromatic rings. The zero-order valence-electron chi connectivity index (χ0n) is 21.6. The first-order valence-corrected chi connectivity index (χ1v) is 12.3. The predicted molar refractivity (Wildman–Crippen MR) is 134 cm³/mol. The third-order valence-electron chi connectivity index (χ3n) is 5.76. The van der Waals surface area contributed by atoms with Crippen LogP contribution in [-0.4, -0.2) is 44.1 Å². The van der Waals surface area contributed by atoms with E-state index in [0.717, 1.165) is 42.6 Å². The summed E-state index contributed by atoms with van der Waals surface area (Å²) >= 11 is 0. The smallest absolute Gasteiger partial charge is 0.326 e. The number of benzene rings is 2. The minimum absolute atomic E-state index is 0.368. The van der Waals surface area contributed by atoms with Crippen molar-refractivity contribution < 1.29 is 28.8 Å². The van der Waals surface area contributed by atoms with E-state index in [4.69, 9.17) is 23.7 Å². The van der Waals surface area contributed by atoms with E-state index in [9.17, 15) is 5.11 Å². The molecule has 6 nitrogen and oxygen atoms in total. The molecule has 190 valence electrons. The van der Waals surface area contributed by atoms with Crippen molar-refractivity contribution in [3.05, 3.63) is 59.7 Å². The number of ether oxygens (including phenoxy) is 5. The highest BCUT2D eigenvalue weighted by Gasteiger charge is 2.44. The summed E-state index contributed by atoms with van der Waals surface area (Å²) in [5.41, 5.74) is 1.02. The minimum atomic E-state index is -1.46. The molecule has 0 aliphatic heterocycles. The summed E-state index contributed by atoms with van der Waals surface area (Å²) in [4.78, 5) is 0. The molecule has 2 rings (SSSR count). The molecule has 0 aromatic heterocycles. The molecule has 0 aliphatic carbocycles. The van der Waals surface area contributed by atoms with E-state index in [2.05, 4.69) is 6.92 Å². The molecule has 1 N–H and O–H groups in total. The lowest BCUT2D eigenvalue weighted by Crippen LogP contribution is -2.46. The van der Waals surface area contributed by atoms with Gasteiger partial charge in [0, 0.05) is 32.8 Å². The molecule has 0 saturated heterocycles. The topological polar surface area (TPSA) is 66.4 Å². The Morgan fingerprint density at radius 3 is 2.24 bits per heavy atom. The van der Waals surface area contributed by atoms with Crippen molar-refractivity contribution in [2.75, 3.05) is 27.4 Å². The molecule has 2 aromatic carbocycles. The standard InChI is InChI=1S/C28H42O6/c1-7-10-11-18-27(4,29)21-22-14-12-17-25(19-22)34-26(28(30-5,31-6)33-9-3)23-15-13-16-24(20-23)32-8-2/h12-17,19-20,26,29H,7-11,18,21H2,1-6H3. The Balaban J connectivity index is 2.36. The van der Waals surface area contributed by atoms with Crippen LogP contribution in [0.5, 0.6) is 11.5 Å². The molecule has 6 heteroatoms. The van der Waals surface area contributed by atoms with Crippen LogP contribution in [-0.2, 0) is 20.6 Å². The molecular weight excluding hydrogens is 432 g/mol. The summed E-state index contributed by atoms with van der Waals surface area (Å²) in [6.07, 6.45) is 3.84. The SMILES string of the molecule is CCCCCC(C)(O)Cc1cccc(OC(c2cccc(OCC)c2)C(OC)(OC)OCC)c1. The van der Waals surface area contributed by atoms with Crippen molar-refractivity contribution in [3.63, 3.8) is 0 Å². The molecule has 0 aliphatic rings. The molecule has 0 heterocycles. The van der Waals surface area contributed by atoms with Gasteiger partial charge in [0.2, 0.25) is 6.10 Å². The van der Waals surface area contributed by atoms with Gasteiger partial charge in [0.1, 0.15) is 11.5 Å². The summed E-state index contributed by atoms with van der Waals surface area (Å²) in [7, 11) is 3.07. The van der Waals surface area contributed by atoms with Crippen molar-refractivity contribution in [3.8, 4) is 11.5 Å². The van der Waals surface area contributed by atoms with Crippen molar-refractivity contribution in [2.24, 2.45) is 0 Å². The van der Waals surface area contributed by atoms with Crippen molar-refractivity contribution in [1.29, 1.82) is 0 Å². The van der Waals surface area contributed by atoms with Gasteiger partial charge in [-0.2, -0.15) is 0 Å². The number of rotatable bonds is 16. The van der Waals surface area contributed by atoms with E-state index in [-0.39, 0.29) is 0 Å². The van der Waals surface area contributed by atoms with Gasteiger partial charge in [0.05, 0.1) is 12.2 Å². The van der Waals surface area contributed by atoms with Crippen LogP contribution in [0.2, 0.25) is 0 Å². The minimum Gasteiger partial charge on any atom is -0.494 e. The van der Waals surface area contributed by atoms with E-state index < -0.39 is 17.7 Å². The van der Waals surface area contributed by atoms with Crippen LogP contribution >= 0.6 is 0 Å². The highest BCUT2D eigenvalue weighted by molar-refractivity contribution is 5.34. The quantitative estimate of drug-likeness (QED) is 0.236. The second kappa shape index (κ2) is 13.7. The van der Waals surface area contributed by atoms with Crippen molar-refractivity contribution in [1.82, 2.24) is 0 Å². The fourth-order valence-corrected chi connectivity index (χ4v) is 4.12. The first-order chi connectivity index (χ1) is 16.3. The van der Waals surface area contributed by atoms with Crippen molar-refractivity contribution >= 4 is 0 Å². The summed E-state index contributed by atoms with van der Waals surface area (Å²) in [5, 5.41) is 10.9. The lowest BCUT2D eigenvalue weighted by molar-refractivity contribution is -0.394. The Morgan fingerprint density at radius 2 is 1.59 bits per heavy atom. The van der Waals surface area contributed by atoms with E-state index >= 15 is 0 Å². The van der Waals surface area contributed by atoms with Gasteiger partial charge < -0.3 is 28.8 Å². The van der Waals surface area contributed by atoms with Gasteiger partial charge >= 0.3 is 5.97 Å². The summed E-state index contributed by atoms with van der Waals surface area (Å²) < 4.78 is 29.6. The van der Waals surface area contributed by atoms with Crippen LogP contribution in [0.1, 0.15) is 70.6 Å². The molecule has 2 atom stereocenters. The Bertz CT molecular complexity index is 846. The van der Waals surface area contributed by atoms with E-state index in [1.165, 1.54) is 14.2 Å². The maximum absolute atomic E-state index is 10.9. The van der Waals surface area contributed by atoms with Crippen LogP contribution in [0.25, 0.3) is 0 Å². The van der Waals surface area contributed by atoms with Gasteiger partial charge in [-0.15, -0.1) is 0 Å². The van der Waals surface area contributed by atoms with Crippen LogP contribution in [0.3, 0.4) is 0 Å². The Kier molecular flexibility index (Phi) is 11.3. The average molecular weight is 475 g/mol. The fourth-order valence-electron chi connectivity index (χ4n) is 4.12. The van der Waals surface area contributed by atoms with Gasteiger partial charge in [0.25, 0.3) is 0 Å². The second-order valence-corrected chi connectivity index (χ2v) is 8.73. The van der Waals surface area contributed by atoms with Gasteiger partial charge in [-0.3, -0.25) is 0 Å². The van der Waals surface area contributed by atoms with E-state index in [1.54, 1.807) is 0 Å². The number of aliphatic hydroxyl groups is 1. The number of unbranched alkanes of at least 4 members (excludes halogenated alkanes) is 2. The third-order valence-corrected chi connectivity index (χ3v) is 5.76. The van der Waals surface area contributed by atoms with Crippen molar-refractivity contribution in [2.45, 2.75) is 77.5 Å². The first-order valence-electron chi connectivity index (χ1n) is 12.3. The highest BCUT2D eigenvalue weighted by Crippen LogP contribution is 2.37. The molecule has 0 fully saturated rings. The highest BCUT2D eigenvalue weighted by atomic mass is 16.9. The van der Waals surface area contributed by atoms with Crippen LogP contribution < -0.4 is 9.47 Å². The summed E-state index contributed by atoms with van der Waals surface area (Å²) in [6, 6.07) is 15.4. The largest absolute Gasteiger partial charge is 0.494 e. The summed E-state index contributed by atoms with van der Waals surface area (Å²) in [6.45, 7) is 8.81. The molecule has 0 saturated carbocycles. The lowest BCUT2D eigenvalue weighted by atomic mass is 9.91. The Labute approximate surface area is 205 Å². The van der Waals surface area contributed by atoms with E-state index in [0.29, 0.717) is 25.4 Å². The van der Waals surface area contributed by atoms with E-state index in [1.807, 2.05) is 69.3 Å². The zero-order chi connectivity index (χ0) is 25.0. The number of methoxy groups -OCH3 is 2.